The van der Waals surface area contributed by atoms with Crippen molar-refractivity contribution in [1.82, 2.24) is 5.32 Å². The second-order valence-corrected chi connectivity index (χ2v) is 16.9. The van der Waals surface area contributed by atoms with Crippen molar-refractivity contribution in [3.8, 4) is 0 Å². The van der Waals surface area contributed by atoms with E-state index in [1.165, 1.54) is 38.5 Å². The van der Waals surface area contributed by atoms with Crippen molar-refractivity contribution in [3.05, 3.63) is 109 Å². The van der Waals surface area contributed by atoms with Crippen molar-refractivity contribution >= 4 is 5.91 Å². The number of carbonyl (C=O) groups excluding carboxylic acids is 1. The Morgan fingerprint density at radius 3 is 1.50 bits per heavy atom. The van der Waals surface area contributed by atoms with Crippen molar-refractivity contribution < 1.29 is 39.8 Å². The normalized spacial score (nSPS) is 21.0. The maximum atomic E-state index is 13.0. The Hall–Kier alpha value is -3.15. The van der Waals surface area contributed by atoms with Gasteiger partial charge in [-0.1, -0.05) is 181 Å². The summed E-state index contributed by atoms with van der Waals surface area (Å²) in [6.45, 7) is 3.60. The number of rotatable bonds is 40. The maximum Gasteiger partial charge on any atom is 0.220 e. The summed E-state index contributed by atoms with van der Waals surface area (Å²) in [7, 11) is 0. The smallest absolute Gasteiger partial charge is 0.220 e. The van der Waals surface area contributed by atoms with Crippen LogP contribution in [0.25, 0.3) is 0 Å². The second kappa shape index (κ2) is 43.7. The van der Waals surface area contributed by atoms with Crippen LogP contribution in [0.5, 0.6) is 0 Å². The highest BCUT2D eigenvalue weighted by Gasteiger charge is 2.44. The van der Waals surface area contributed by atoms with Gasteiger partial charge in [-0.2, -0.15) is 0 Å². The van der Waals surface area contributed by atoms with Gasteiger partial charge in [-0.25, -0.2) is 0 Å². The molecule has 64 heavy (non-hydrogen) atoms. The summed E-state index contributed by atoms with van der Waals surface area (Å²) in [6.07, 6.45) is 57.0. The summed E-state index contributed by atoms with van der Waals surface area (Å²) in [5.41, 5.74) is 0. The van der Waals surface area contributed by atoms with E-state index in [1.807, 2.05) is 6.08 Å². The zero-order chi connectivity index (χ0) is 46.6. The van der Waals surface area contributed by atoms with Crippen molar-refractivity contribution in [2.24, 2.45) is 0 Å². The predicted octanol–water partition coefficient (Wildman–Crippen LogP) is 11.4. The number of hydrogen-bond acceptors (Lipinski definition) is 8. The van der Waals surface area contributed by atoms with E-state index in [2.05, 4.69) is 116 Å². The van der Waals surface area contributed by atoms with Gasteiger partial charge >= 0.3 is 0 Å². The SMILES string of the molecule is CC/C=C\C/C=C\C/C=C\C/C=C\C/C=C\C/C=C\CCCCCCCCC(=O)NC(COC1OC(CO)C(O)C(O)C1O)C(O)/C=C/CC/C=C/CC/C=C/CCCCCCCC. The third-order valence-electron chi connectivity index (χ3n) is 11.1. The van der Waals surface area contributed by atoms with Gasteiger partial charge in [0.2, 0.25) is 5.91 Å². The molecule has 0 aromatic carbocycles. The standard InChI is InChI=1S/C55H91NO8/c1-3-5-7-9-11-13-15-17-19-21-22-23-24-25-26-27-28-29-31-33-35-37-39-41-43-45-51(59)56-48(47-63-55-54(62)53(61)52(60)50(46-57)64-55)49(58)44-42-40-38-36-34-32-30-20-18-16-14-12-10-8-6-4-2/h5,7,11,13,17-20,22-23,25-26,28-29,34,36,42,44,48-50,52-55,57-58,60-62H,3-4,6,8-10,12,14-16,21,24,27,30-33,35,37-41,43,45-47H2,1-2H3,(H,56,59)/b7-5-,13-11-,19-17-,20-18+,23-22-,26-25-,29-28-,36-34+,44-42+. The maximum absolute atomic E-state index is 13.0. The number of nitrogens with one attached hydrogen (secondary N) is 1. The van der Waals surface area contributed by atoms with Crippen LogP contribution in [0.15, 0.2) is 109 Å². The summed E-state index contributed by atoms with van der Waals surface area (Å²) >= 11 is 0. The van der Waals surface area contributed by atoms with Gasteiger partial charge in [-0.15, -0.1) is 0 Å². The van der Waals surface area contributed by atoms with E-state index in [9.17, 15) is 30.3 Å². The lowest BCUT2D eigenvalue weighted by atomic mass is 9.99. The molecule has 7 unspecified atom stereocenters. The molecular formula is C55H91NO8. The minimum atomic E-state index is -1.58. The van der Waals surface area contributed by atoms with Crippen molar-refractivity contribution in [2.75, 3.05) is 13.2 Å². The molecule has 1 aliphatic heterocycles. The van der Waals surface area contributed by atoms with Gasteiger partial charge < -0.3 is 40.3 Å². The fourth-order valence-corrected chi connectivity index (χ4v) is 7.07. The van der Waals surface area contributed by atoms with Gasteiger partial charge in [0.15, 0.2) is 6.29 Å². The quantitative estimate of drug-likeness (QED) is 0.0263. The van der Waals surface area contributed by atoms with Gasteiger partial charge in [0.05, 0.1) is 25.4 Å². The van der Waals surface area contributed by atoms with Crippen molar-refractivity contribution in [3.63, 3.8) is 0 Å². The number of aliphatic hydroxyl groups is 5. The Labute approximate surface area is 389 Å². The zero-order valence-corrected chi connectivity index (χ0v) is 40.0. The van der Waals surface area contributed by atoms with Crippen LogP contribution in [0.2, 0.25) is 0 Å². The molecule has 9 nitrogen and oxygen atoms in total. The Kier molecular flexibility index (Phi) is 40.2. The first-order chi connectivity index (χ1) is 31.3. The highest BCUT2D eigenvalue weighted by molar-refractivity contribution is 5.76. The van der Waals surface area contributed by atoms with E-state index < -0.39 is 49.5 Å². The average Bonchev–Trinajstić information content (AvgIpc) is 3.29. The number of hydrogen-bond donors (Lipinski definition) is 6. The molecule has 6 N–H and O–H groups in total. The molecule has 0 saturated carbocycles. The van der Waals surface area contributed by atoms with E-state index in [4.69, 9.17) is 9.47 Å². The first-order valence-electron chi connectivity index (χ1n) is 25.1. The average molecular weight is 894 g/mol. The molecule has 7 atom stereocenters. The fraction of sp³-hybridized carbons (Fsp3) is 0.655. The van der Waals surface area contributed by atoms with Gasteiger partial charge in [0.1, 0.15) is 24.4 Å². The Morgan fingerprint density at radius 2 is 0.984 bits per heavy atom. The summed E-state index contributed by atoms with van der Waals surface area (Å²) < 4.78 is 11.2. The van der Waals surface area contributed by atoms with Crippen LogP contribution in [0.1, 0.15) is 174 Å². The molecule has 0 spiro atoms. The van der Waals surface area contributed by atoms with E-state index in [0.717, 1.165) is 116 Å². The molecule has 9 heteroatoms. The van der Waals surface area contributed by atoms with Gasteiger partial charge in [-0.3, -0.25) is 4.79 Å². The van der Waals surface area contributed by atoms with Crippen LogP contribution in [-0.4, -0.2) is 87.5 Å². The highest BCUT2D eigenvalue weighted by Crippen LogP contribution is 2.22. The summed E-state index contributed by atoms with van der Waals surface area (Å²) in [5, 5.41) is 54.3. The van der Waals surface area contributed by atoms with Crippen LogP contribution in [-0.2, 0) is 14.3 Å². The molecule has 1 saturated heterocycles. The van der Waals surface area contributed by atoms with Crippen LogP contribution < -0.4 is 5.32 Å². The number of aliphatic hydroxyl groups excluding tert-OH is 5. The Bertz CT molecular complexity index is 1360. The molecular weight excluding hydrogens is 803 g/mol. The van der Waals surface area contributed by atoms with Gasteiger partial charge in [0, 0.05) is 6.42 Å². The molecule has 1 heterocycles. The van der Waals surface area contributed by atoms with Crippen molar-refractivity contribution in [2.45, 2.75) is 217 Å². The number of ether oxygens (including phenoxy) is 2. The minimum absolute atomic E-state index is 0.212. The van der Waals surface area contributed by atoms with E-state index >= 15 is 0 Å². The van der Waals surface area contributed by atoms with E-state index in [1.54, 1.807) is 6.08 Å². The second-order valence-electron chi connectivity index (χ2n) is 16.9. The van der Waals surface area contributed by atoms with Crippen LogP contribution in [0.3, 0.4) is 0 Å². The molecule has 0 aromatic heterocycles. The third kappa shape index (κ3) is 33.3. The number of unbranched alkanes of at least 4 members (excludes halogenated alkanes) is 14. The zero-order valence-electron chi connectivity index (χ0n) is 40.0. The first kappa shape index (κ1) is 58.9. The van der Waals surface area contributed by atoms with Crippen LogP contribution in [0.4, 0.5) is 0 Å². The lowest BCUT2D eigenvalue weighted by molar-refractivity contribution is -0.302. The number of allylic oxidation sites excluding steroid dienone is 17. The lowest BCUT2D eigenvalue weighted by Gasteiger charge is -2.40. The van der Waals surface area contributed by atoms with Crippen LogP contribution in [0, 0.1) is 0 Å². The molecule has 1 aliphatic rings. The molecule has 0 bridgehead atoms. The van der Waals surface area contributed by atoms with E-state index in [-0.39, 0.29) is 12.5 Å². The molecule has 364 valence electrons. The lowest BCUT2D eigenvalue weighted by Crippen LogP contribution is -2.60. The molecule has 0 radical (unpaired) electrons. The Morgan fingerprint density at radius 1 is 0.547 bits per heavy atom. The van der Waals surface area contributed by atoms with Crippen molar-refractivity contribution in [1.29, 1.82) is 0 Å². The summed E-state index contributed by atoms with van der Waals surface area (Å²) in [6, 6.07) is -0.844. The molecule has 1 amide bonds. The highest BCUT2D eigenvalue weighted by atomic mass is 16.7. The Balaban J connectivity index is 2.35. The molecule has 1 rings (SSSR count). The van der Waals surface area contributed by atoms with Gasteiger partial charge in [-0.05, 0) is 96.3 Å². The molecule has 0 aliphatic carbocycles. The third-order valence-corrected chi connectivity index (χ3v) is 11.1. The summed E-state index contributed by atoms with van der Waals surface area (Å²) in [5.74, 6) is -0.212. The minimum Gasteiger partial charge on any atom is -0.394 e. The predicted molar refractivity (Wildman–Crippen MR) is 267 cm³/mol. The van der Waals surface area contributed by atoms with Crippen LogP contribution >= 0.6 is 0 Å². The monoisotopic (exact) mass is 894 g/mol. The van der Waals surface area contributed by atoms with Gasteiger partial charge in [0.25, 0.3) is 0 Å². The molecule has 1 fully saturated rings. The largest absolute Gasteiger partial charge is 0.394 e. The first-order valence-corrected chi connectivity index (χ1v) is 25.1. The number of amides is 1. The summed E-state index contributed by atoms with van der Waals surface area (Å²) in [4.78, 5) is 13.0. The molecule has 0 aromatic rings. The van der Waals surface area contributed by atoms with E-state index in [0.29, 0.717) is 6.42 Å². The fourth-order valence-electron chi connectivity index (χ4n) is 7.07. The topological polar surface area (TPSA) is 149 Å². The number of carbonyl (C=O) groups is 1.